The first-order valence-electron chi connectivity index (χ1n) is 6.55. The number of rotatable bonds is 6. The van der Waals surface area contributed by atoms with Gasteiger partial charge in [0.1, 0.15) is 0 Å². The van der Waals surface area contributed by atoms with Crippen molar-refractivity contribution >= 4 is 11.6 Å². The zero-order chi connectivity index (χ0) is 13.7. The number of hydrogen-bond donors (Lipinski definition) is 0. The van der Waals surface area contributed by atoms with Gasteiger partial charge in [0.05, 0.1) is 0 Å². The average molecular weight is 268 g/mol. The van der Waals surface area contributed by atoms with E-state index in [1.165, 1.54) is 11.1 Å². The van der Waals surface area contributed by atoms with E-state index in [9.17, 15) is 4.91 Å². The highest BCUT2D eigenvalue weighted by atomic mass is 35.5. The molecule has 0 saturated heterocycles. The van der Waals surface area contributed by atoms with Crippen molar-refractivity contribution in [2.45, 2.75) is 52.0 Å². The Labute approximate surface area is 115 Å². The van der Waals surface area contributed by atoms with E-state index in [0.717, 1.165) is 18.4 Å². The second kappa shape index (κ2) is 6.89. The van der Waals surface area contributed by atoms with Crippen molar-refractivity contribution in [2.75, 3.05) is 0 Å². The average Bonchev–Trinajstić information content (AvgIpc) is 2.34. The van der Waals surface area contributed by atoms with Gasteiger partial charge in [0.15, 0.2) is 5.50 Å². The molecule has 2 nitrogen and oxygen atoms in total. The molecule has 0 radical (unpaired) electrons. The van der Waals surface area contributed by atoms with Crippen molar-refractivity contribution in [3.05, 3.63) is 39.8 Å². The van der Waals surface area contributed by atoms with Crippen LogP contribution in [0.5, 0.6) is 0 Å². The van der Waals surface area contributed by atoms with Crippen LogP contribution in [-0.2, 0) is 6.42 Å². The number of nitrogens with zero attached hydrogens (tertiary/aromatic N) is 1. The molecule has 0 N–H and O–H groups in total. The van der Waals surface area contributed by atoms with Gasteiger partial charge in [0.2, 0.25) is 0 Å². The third-order valence-electron chi connectivity index (χ3n) is 3.15. The molecular formula is C15H22ClNO. The number of alkyl halides is 1. The van der Waals surface area contributed by atoms with E-state index in [1.807, 2.05) is 12.1 Å². The van der Waals surface area contributed by atoms with Crippen molar-refractivity contribution in [3.8, 4) is 0 Å². The molecule has 0 spiro atoms. The van der Waals surface area contributed by atoms with E-state index in [1.54, 1.807) is 0 Å². The Hall–Kier alpha value is -0.890. The first kappa shape index (κ1) is 15.2. The van der Waals surface area contributed by atoms with E-state index in [2.05, 4.69) is 38.9 Å². The van der Waals surface area contributed by atoms with Gasteiger partial charge in [-0.05, 0) is 46.5 Å². The number of benzene rings is 1. The van der Waals surface area contributed by atoms with Crippen molar-refractivity contribution in [2.24, 2.45) is 11.1 Å². The van der Waals surface area contributed by atoms with Crippen LogP contribution in [0.1, 0.15) is 62.2 Å². The first-order valence-corrected chi connectivity index (χ1v) is 6.99. The maximum Gasteiger partial charge on any atom is 0.190 e. The van der Waals surface area contributed by atoms with Crippen molar-refractivity contribution in [3.63, 3.8) is 0 Å². The molecule has 1 aromatic rings. The first-order chi connectivity index (χ1) is 8.47. The summed E-state index contributed by atoms with van der Waals surface area (Å²) in [5.41, 5.74) is 2.58. The van der Waals surface area contributed by atoms with Gasteiger partial charge in [-0.2, -0.15) is 0 Å². The fourth-order valence-electron chi connectivity index (χ4n) is 2.26. The molecule has 1 unspecified atom stereocenters. The lowest BCUT2D eigenvalue weighted by molar-refractivity contribution is 0.583. The standard InChI is InChI=1S/C15H22ClNO/c1-10(2)8-9-12-6-5-7-13(15(16)17-18)14(12)11(3)4/h5-7,10-11,15H,8-9H2,1-4H3. The van der Waals surface area contributed by atoms with Crippen LogP contribution in [0.4, 0.5) is 0 Å². The summed E-state index contributed by atoms with van der Waals surface area (Å²) in [6.45, 7) is 8.70. The predicted molar refractivity (Wildman–Crippen MR) is 78.1 cm³/mol. The molecule has 0 amide bonds. The lowest BCUT2D eigenvalue weighted by atomic mass is 9.88. The monoisotopic (exact) mass is 267 g/mol. The second-order valence-electron chi connectivity index (χ2n) is 5.45. The number of halogens is 1. The van der Waals surface area contributed by atoms with Gasteiger partial charge in [-0.15, -0.1) is 4.91 Å². The number of nitroso groups, excluding NO2 is 1. The predicted octanol–water partition coefficient (Wildman–Crippen LogP) is 5.40. The molecular weight excluding hydrogens is 246 g/mol. The second-order valence-corrected chi connectivity index (χ2v) is 5.86. The van der Waals surface area contributed by atoms with Gasteiger partial charge in [-0.25, -0.2) is 0 Å². The Morgan fingerprint density at radius 2 is 1.89 bits per heavy atom. The molecule has 1 atom stereocenters. The van der Waals surface area contributed by atoms with Crippen molar-refractivity contribution < 1.29 is 0 Å². The maximum atomic E-state index is 10.7. The Morgan fingerprint density at radius 3 is 2.39 bits per heavy atom. The lowest BCUT2D eigenvalue weighted by Gasteiger charge is -2.19. The van der Waals surface area contributed by atoms with Gasteiger partial charge in [-0.1, -0.05) is 57.5 Å². The fraction of sp³-hybridized carbons (Fsp3) is 0.600. The molecule has 0 aromatic heterocycles. The summed E-state index contributed by atoms with van der Waals surface area (Å²) in [5.74, 6) is 1.02. The van der Waals surface area contributed by atoms with Crippen LogP contribution in [0.2, 0.25) is 0 Å². The van der Waals surface area contributed by atoms with Crippen molar-refractivity contribution in [1.82, 2.24) is 0 Å². The van der Waals surface area contributed by atoms with Gasteiger partial charge in [0, 0.05) is 0 Å². The summed E-state index contributed by atoms with van der Waals surface area (Å²) in [4.78, 5) is 10.7. The highest BCUT2D eigenvalue weighted by molar-refractivity contribution is 6.20. The molecule has 0 aliphatic rings. The van der Waals surface area contributed by atoms with Gasteiger partial charge in [0.25, 0.3) is 0 Å². The Bertz CT molecular complexity index is 401. The molecule has 0 heterocycles. The summed E-state index contributed by atoms with van der Waals surface area (Å²) in [6, 6.07) is 6.01. The van der Waals surface area contributed by atoms with E-state index in [4.69, 9.17) is 11.6 Å². The smallest absolute Gasteiger partial charge is 0.149 e. The highest BCUT2D eigenvalue weighted by Gasteiger charge is 2.18. The van der Waals surface area contributed by atoms with Gasteiger partial charge in [-0.3, -0.25) is 0 Å². The van der Waals surface area contributed by atoms with Gasteiger partial charge < -0.3 is 0 Å². The summed E-state index contributed by atoms with van der Waals surface area (Å²) in [7, 11) is 0. The summed E-state index contributed by atoms with van der Waals surface area (Å²) in [5, 5.41) is 2.95. The number of hydrogen-bond acceptors (Lipinski definition) is 2. The SMILES string of the molecule is CC(C)CCc1cccc(C(Cl)N=O)c1C(C)C. The van der Waals surface area contributed by atoms with Crippen LogP contribution in [0.15, 0.2) is 23.4 Å². The number of aryl methyl sites for hydroxylation is 1. The maximum absolute atomic E-state index is 10.7. The molecule has 100 valence electrons. The summed E-state index contributed by atoms with van der Waals surface area (Å²) < 4.78 is 0. The van der Waals surface area contributed by atoms with Crippen LogP contribution in [0, 0.1) is 10.8 Å². The topological polar surface area (TPSA) is 29.4 Å². The molecule has 3 heteroatoms. The largest absolute Gasteiger partial charge is 0.190 e. The van der Waals surface area contributed by atoms with Crippen LogP contribution < -0.4 is 0 Å². The fourth-order valence-corrected chi connectivity index (χ4v) is 2.45. The van der Waals surface area contributed by atoms with E-state index < -0.39 is 5.50 Å². The molecule has 0 aliphatic carbocycles. The molecule has 0 bridgehead atoms. The third kappa shape index (κ3) is 3.81. The van der Waals surface area contributed by atoms with Crippen molar-refractivity contribution in [1.29, 1.82) is 0 Å². The Balaban J connectivity index is 3.13. The molecule has 18 heavy (non-hydrogen) atoms. The third-order valence-corrected chi connectivity index (χ3v) is 3.46. The normalized spacial score (nSPS) is 13.1. The van der Waals surface area contributed by atoms with E-state index in [-0.39, 0.29) is 0 Å². The van der Waals surface area contributed by atoms with Crippen LogP contribution >= 0.6 is 11.6 Å². The van der Waals surface area contributed by atoms with E-state index >= 15 is 0 Å². The lowest BCUT2D eigenvalue weighted by Crippen LogP contribution is -2.04. The molecule has 0 aliphatic heterocycles. The molecule has 0 fully saturated rings. The quantitative estimate of drug-likeness (QED) is 0.385. The zero-order valence-corrected chi connectivity index (χ0v) is 12.4. The summed E-state index contributed by atoms with van der Waals surface area (Å²) in [6.07, 6.45) is 2.17. The van der Waals surface area contributed by atoms with Crippen LogP contribution in [0.25, 0.3) is 0 Å². The molecule has 1 rings (SSSR count). The van der Waals surface area contributed by atoms with Crippen LogP contribution in [0.3, 0.4) is 0 Å². The highest BCUT2D eigenvalue weighted by Crippen LogP contribution is 2.33. The Kier molecular flexibility index (Phi) is 5.80. The van der Waals surface area contributed by atoms with E-state index in [0.29, 0.717) is 11.8 Å². The minimum absolute atomic E-state index is 0.353. The Morgan fingerprint density at radius 1 is 1.22 bits per heavy atom. The van der Waals surface area contributed by atoms with Gasteiger partial charge >= 0.3 is 0 Å². The zero-order valence-electron chi connectivity index (χ0n) is 11.6. The van der Waals surface area contributed by atoms with Crippen LogP contribution in [-0.4, -0.2) is 0 Å². The molecule has 0 saturated carbocycles. The minimum Gasteiger partial charge on any atom is -0.149 e. The minimum atomic E-state index is -0.776. The summed E-state index contributed by atoms with van der Waals surface area (Å²) >= 11 is 6.00. The molecule has 1 aromatic carbocycles.